The second-order valence-electron chi connectivity index (χ2n) is 10.1. The molecule has 1 unspecified atom stereocenters. The van der Waals surface area contributed by atoms with Gasteiger partial charge >= 0.3 is 5.97 Å². The van der Waals surface area contributed by atoms with Crippen molar-refractivity contribution in [3.05, 3.63) is 60.2 Å². The van der Waals surface area contributed by atoms with E-state index in [4.69, 9.17) is 5.11 Å². The standard InChI is InChI=1S/C15H21FN2O4S.C12H14FNO4S/c1-11(19)10-17-15(20)14-4-2-3-9-18(14)23(21,22)13-7-5-12(16)6-8-13;13-9-4-6-10(7-5-9)19(17,18)14-8-2-1-3-11(14)12(15)16/h5-8,11,14,19H,2-4,9-10H2,1H3,(H,17,20);4-7,11H,1-3,8H2,(H,15,16)/t11?,14-;11-/m00/s1. The number of hydrogen-bond acceptors (Lipinski definition) is 7. The van der Waals surface area contributed by atoms with Crippen molar-refractivity contribution >= 4 is 31.9 Å². The van der Waals surface area contributed by atoms with E-state index in [1.165, 1.54) is 23.4 Å². The molecule has 2 aromatic carbocycles. The molecule has 3 atom stereocenters. The van der Waals surface area contributed by atoms with Crippen molar-refractivity contribution in [3.63, 3.8) is 0 Å². The van der Waals surface area contributed by atoms with Gasteiger partial charge in [0, 0.05) is 19.6 Å². The number of carbonyl (C=O) groups is 2. The van der Waals surface area contributed by atoms with Gasteiger partial charge < -0.3 is 15.5 Å². The minimum atomic E-state index is -3.89. The number of halogens is 2. The van der Waals surface area contributed by atoms with Crippen LogP contribution in [0, 0.1) is 11.6 Å². The van der Waals surface area contributed by atoms with Crippen molar-refractivity contribution in [1.82, 2.24) is 13.9 Å². The molecule has 2 saturated heterocycles. The van der Waals surface area contributed by atoms with Crippen molar-refractivity contribution in [3.8, 4) is 0 Å². The van der Waals surface area contributed by atoms with Crippen LogP contribution in [0.2, 0.25) is 0 Å². The number of benzene rings is 2. The zero-order chi connectivity index (χ0) is 31.1. The monoisotopic (exact) mass is 631 g/mol. The van der Waals surface area contributed by atoms with E-state index in [0.29, 0.717) is 32.1 Å². The lowest BCUT2D eigenvalue weighted by atomic mass is 10.0. The number of sulfonamides is 2. The minimum absolute atomic E-state index is 0.0332. The van der Waals surface area contributed by atoms with Crippen LogP contribution in [0.25, 0.3) is 0 Å². The SMILES string of the molecule is CC(O)CNC(=O)[C@@H]1CCCCN1S(=O)(=O)c1ccc(F)cc1.O=C(O)[C@@H]1CCCCN1S(=O)(=O)c1ccc(F)cc1. The molecule has 4 rings (SSSR count). The lowest BCUT2D eigenvalue weighted by Gasteiger charge is -2.33. The van der Waals surface area contributed by atoms with Crippen LogP contribution in [-0.4, -0.2) is 85.4 Å². The quantitative estimate of drug-likeness (QED) is 0.400. The van der Waals surface area contributed by atoms with Gasteiger partial charge in [0.1, 0.15) is 23.7 Å². The molecule has 1 amide bonds. The molecule has 232 valence electrons. The fraction of sp³-hybridized carbons (Fsp3) is 0.481. The van der Waals surface area contributed by atoms with Crippen molar-refractivity contribution in [2.24, 2.45) is 0 Å². The van der Waals surface area contributed by atoms with Gasteiger partial charge in [-0.3, -0.25) is 9.59 Å². The molecular formula is C27H35F2N3O8S2. The number of nitrogens with zero attached hydrogens (tertiary/aromatic N) is 2. The van der Waals surface area contributed by atoms with E-state index >= 15 is 0 Å². The summed E-state index contributed by atoms with van der Waals surface area (Å²) in [6, 6.07) is 7.11. The summed E-state index contributed by atoms with van der Waals surface area (Å²) in [4.78, 5) is 23.3. The highest BCUT2D eigenvalue weighted by atomic mass is 32.2. The van der Waals surface area contributed by atoms with Gasteiger partial charge in [-0.25, -0.2) is 25.6 Å². The highest BCUT2D eigenvalue weighted by Crippen LogP contribution is 2.27. The Balaban J connectivity index is 0.000000235. The zero-order valence-electron chi connectivity index (χ0n) is 23.0. The third-order valence-electron chi connectivity index (χ3n) is 6.91. The third-order valence-corrected chi connectivity index (χ3v) is 10.8. The van der Waals surface area contributed by atoms with Crippen molar-refractivity contribution in [1.29, 1.82) is 0 Å². The van der Waals surface area contributed by atoms with Gasteiger partial charge in [-0.1, -0.05) is 6.42 Å². The average Bonchev–Trinajstić information content (AvgIpc) is 2.96. The summed E-state index contributed by atoms with van der Waals surface area (Å²) in [5.74, 6) is -2.62. The predicted molar refractivity (Wildman–Crippen MR) is 148 cm³/mol. The summed E-state index contributed by atoms with van der Waals surface area (Å²) in [5.41, 5.74) is 0. The molecular weight excluding hydrogens is 596 g/mol. The Morgan fingerprint density at radius 3 is 1.62 bits per heavy atom. The number of nitrogens with one attached hydrogen (secondary N) is 1. The number of carboxylic acids is 1. The Kier molecular flexibility index (Phi) is 11.5. The maximum Gasteiger partial charge on any atom is 0.322 e. The van der Waals surface area contributed by atoms with E-state index in [0.717, 1.165) is 47.1 Å². The molecule has 2 aromatic rings. The molecule has 2 fully saturated rings. The van der Waals surface area contributed by atoms with Crippen LogP contribution in [0.1, 0.15) is 45.4 Å². The molecule has 0 bridgehead atoms. The lowest BCUT2D eigenvalue weighted by molar-refractivity contribution is -0.142. The maximum atomic E-state index is 13.0. The Labute approximate surface area is 244 Å². The van der Waals surface area contributed by atoms with Gasteiger partial charge in [0.05, 0.1) is 15.9 Å². The number of rotatable bonds is 8. The summed E-state index contributed by atoms with van der Waals surface area (Å²) in [5, 5.41) is 20.9. The van der Waals surface area contributed by atoms with Gasteiger partial charge in [-0.15, -0.1) is 0 Å². The Bertz CT molecular complexity index is 1440. The van der Waals surface area contributed by atoms with Gasteiger partial charge in [-0.2, -0.15) is 8.61 Å². The first-order valence-electron chi connectivity index (χ1n) is 13.5. The van der Waals surface area contributed by atoms with Crippen LogP contribution in [0.15, 0.2) is 58.3 Å². The predicted octanol–water partition coefficient (Wildman–Crippen LogP) is 2.32. The molecule has 11 nitrogen and oxygen atoms in total. The van der Waals surface area contributed by atoms with E-state index < -0.39 is 61.7 Å². The van der Waals surface area contributed by atoms with Crippen LogP contribution in [0.3, 0.4) is 0 Å². The van der Waals surface area contributed by atoms with E-state index in [-0.39, 0.29) is 29.4 Å². The average molecular weight is 632 g/mol. The second-order valence-corrected chi connectivity index (χ2v) is 13.9. The number of carboxylic acid groups (broad SMARTS) is 1. The molecule has 0 aliphatic carbocycles. The van der Waals surface area contributed by atoms with Gasteiger partial charge in [0.2, 0.25) is 26.0 Å². The number of piperidine rings is 2. The second kappa shape index (κ2) is 14.5. The number of aliphatic hydroxyl groups is 1. The first-order chi connectivity index (χ1) is 19.7. The highest BCUT2D eigenvalue weighted by Gasteiger charge is 2.38. The maximum absolute atomic E-state index is 13.0. The Hall–Kier alpha value is -2.98. The van der Waals surface area contributed by atoms with Crippen LogP contribution < -0.4 is 5.32 Å². The molecule has 3 N–H and O–H groups in total. The van der Waals surface area contributed by atoms with Crippen molar-refractivity contribution in [2.45, 2.75) is 73.4 Å². The summed E-state index contributed by atoms with van der Waals surface area (Å²) >= 11 is 0. The van der Waals surface area contributed by atoms with Crippen LogP contribution in [-0.2, 0) is 29.6 Å². The van der Waals surface area contributed by atoms with Crippen LogP contribution in [0.4, 0.5) is 8.78 Å². The normalized spacial score (nSPS) is 21.0. The number of aliphatic carboxylic acids is 1. The Morgan fingerprint density at radius 1 is 0.810 bits per heavy atom. The molecule has 42 heavy (non-hydrogen) atoms. The zero-order valence-corrected chi connectivity index (χ0v) is 24.7. The first kappa shape index (κ1) is 33.5. The van der Waals surface area contributed by atoms with Crippen molar-refractivity contribution < 1.29 is 45.4 Å². The molecule has 2 aliphatic heterocycles. The fourth-order valence-corrected chi connectivity index (χ4v) is 8.05. The number of aliphatic hydroxyl groups excluding tert-OH is 1. The minimum Gasteiger partial charge on any atom is -0.480 e. The molecule has 0 spiro atoms. The number of carbonyl (C=O) groups excluding carboxylic acids is 1. The molecule has 15 heteroatoms. The summed E-state index contributed by atoms with van der Waals surface area (Å²) < 4.78 is 78.1. The number of hydrogen-bond donors (Lipinski definition) is 3. The molecule has 0 aromatic heterocycles. The molecule has 2 aliphatic rings. The fourth-order valence-electron chi connectivity index (χ4n) is 4.74. The third kappa shape index (κ3) is 8.31. The van der Waals surface area contributed by atoms with Crippen LogP contribution >= 0.6 is 0 Å². The molecule has 2 heterocycles. The lowest BCUT2D eigenvalue weighted by Crippen LogP contribution is -2.52. The van der Waals surface area contributed by atoms with Crippen molar-refractivity contribution in [2.75, 3.05) is 19.6 Å². The first-order valence-corrected chi connectivity index (χ1v) is 16.4. The van der Waals surface area contributed by atoms with E-state index in [2.05, 4.69) is 5.32 Å². The molecule has 0 saturated carbocycles. The summed E-state index contributed by atoms with van der Waals surface area (Å²) in [6.45, 7) is 2.02. The van der Waals surface area contributed by atoms with Gasteiger partial charge in [0.15, 0.2) is 0 Å². The summed E-state index contributed by atoms with van der Waals surface area (Å²) in [6.07, 6.45) is 2.76. The van der Waals surface area contributed by atoms with Crippen LogP contribution in [0.5, 0.6) is 0 Å². The number of amides is 1. The van der Waals surface area contributed by atoms with E-state index in [9.17, 15) is 40.3 Å². The Morgan fingerprint density at radius 2 is 1.21 bits per heavy atom. The smallest absolute Gasteiger partial charge is 0.322 e. The topological polar surface area (TPSA) is 161 Å². The molecule has 0 radical (unpaired) electrons. The highest BCUT2D eigenvalue weighted by molar-refractivity contribution is 7.89. The van der Waals surface area contributed by atoms with Gasteiger partial charge in [-0.05, 0) is 87.6 Å². The van der Waals surface area contributed by atoms with E-state index in [1.54, 1.807) is 0 Å². The van der Waals surface area contributed by atoms with Gasteiger partial charge in [0.25, 0.3) is 0 Å². The largest absolute Gasteiger partial charge is 0.480 e. The summed E-state index contributed by atoms with van der Waals surface area (Å²) in [7, 11) is -7.76. The van der Waals surface area contributed by atoms with E-state index in [1.807, 2.05) is 0 Å².